The van der Waals surface area contributed by atoms with Crippen LogP contribution in [0, 0.1) is 0 Å². The Morgan fingerprint density at radius 3 is 1.36 bits per heavy atom. The van der Waals surface area contributed by atoms with E-state index in [1.54, 1.807) is 0 Å². The molecule has 0 saturated carbocycles. The Bertz CT molecular complexity index is 1330. The second-order valence-electron chi connectivity index (χ2n) is 18.0. The molecule has 0 radical (unpaired) electrons. The highest BCUT2D eigenvalue weighted by atomic mass is 31.2. The lowest BCUT2D eigenvalue weighted by Crippen LogP contribution is -2.32. The van der Waals surface area contributed by atoms with Crippen LogP contribution in [0.15, 0.2) is 0 Å². The SMILES string of the molecule is CCCCCCCCCCCCCCCCCC(=O)OC[C@@H](COP(=O)(O)OCCNC(=O)CCCC(=O)ON1C(=O)CCC1=O)OC(=O)CCCCCCCCCCCCCCCCC. The maximum absolute atomic E-state index is 12.8. The smallest absolute Gasteiger partial charge is 0.462 e. The lowest BCUT2D eigenvalue weighted by Gasteiger charge is -2.20. The third kappa shape index (κ3) is 37.2. The first-order valence-corrected chi connectivity index (χ1v) is 27.8. The van der Waals surface area contributed by atoms with E-state index in [0.717, 1.165) is 38.5 Å². The van der Waals surface area contributed by atoms with Gasteiger partial charge in [0, 0.05) is 45.1 Å². The van der Waals surface area contributed by atoms with Gasteiger partial charge in [-0.2, -0.15) is 0 Å². The van der Waals surface area contributed by atoms with Crippen LogP contribution in [0.2, 0.25) is 0 Å². The van der Waals surface area contributed by atoms with Gasteiger partial charge in [0.1, 0.15) is 6.61 Å². The van der Waals surface area contributed by atoms with Gasteiger partial charge in [-0.05, 0) is 19.3 Å². The van der Waals surface area contributed by atoms with Crippen molar-refractivity contribution in [2.24, 2.45) is 0 Å². The average Bonchev–Trinajstić information content (AvgIpc) is 3.60. The van der Waals surface area contributed by atoms with E-state index in [1.165, 1.54) is 141 Å². The van der Waals surface area contributed by atoms with Crippen molar-refractivity contribution in [2.45, 2.75) is 258 Å². The summed E-state index contributed by atoms with van der Waals surface area (Å²) in [7, 11) is -4.66. The minimum Gasteiger partial charge on any atom is -0.462 e. The maximum Gasteiger partial charge on any atom is 0.472 e. The second-order valence-corrected chi connectivity index (χ2v) is 19.5. The van der Waals surface area contributed by atoms with Gasteiger partial charge >= 0.3 is 25.7 Å². The van der Waals surface area contributed by atoms with Crippen molar-refractivity contribution in [3.8, 4) is 0 Å². The van der Waals surface area contributed by atoms with E-state index in [0.29, 0.717) is 17.9 Å². The van der Waals surface area contributed by atoms with Crippen molar-refractivity contribution in [1.82, 2.24) is 10.4 Å². The lowest BCUT2D eigenvalue weighted by molar-refractivity contribution is -0.197. The first-order chi connectivity index (χ1) is 32.0. The van der Waals surface area contributed by atoms with Crippen LogP contribution in [0.3, 0.4) is 0 Å². The monoisotopic (exact) mass is 959 g/mol. The molecule has 0 aliphatic carbocycles. The molecule has 1 saturated heterocycles. The fraction of sp³-hybridized carbons (Fsp3) is 0.880. The molecule has 2 atom stereocenters. The van der Waals surface area contributed by atoms with Gasteiger partial charge in [0.05, 0.1) is 13.2 Å². The van der Waals surface area contributed by atoms with Gasteiger partial charge in [-0.15, -0.1) is 5.06 Å². The summed E-state index contributed by atoms with van der Waals surface area (Å²) >= 11 is 0. The van der Waals surface area contributed by atoms with Crippen LogP contribution < -0.4 is 5.32 Å². The molecule has 1 aliphatic rings. The molecule has 1 heterocycles. The van der Waals surface area contributed by atoms with E-state index in [4.69, 9.17) is 23.4 Å². The number of hydrogen-bond donors (Lipinski definition) is 2. The van der Waals surface area contributed by atoms with Crippen LogP contribution in [0.5, 0.6) is 0 Å². The minimum absolute atomic E-state index is 0.0227. The number of carbonyl (C=O) groups excluding carboxylic acids is 6. The van der Waals surface area contributed by atoms with E-state index >= 15 is 0 Å². The largest absolute Gasteiger partial charge is 0.472 e. The molecule has 1 fully saturated rings. The topological polar surface area (TPSA) is 201 Å². The molecule has 384 valence electrons. The number of rotatable bonds is 47. The van der Waals surface area contributed by atoms with Gasteiger partial charge in [0.25, 0.3) is 11.8 Å². The number of phosphoric ester groups is 1. The lowest BCUT2D eigenvalue weighted by atomic mass is 10.0. The normalized spacial score (nSPS) is 14.0. The highest BCUT2D eigenvalue weighted by Crippen LogP contribution is 2.43. The van der Waals surface area contributed by atoms with Crippen molar-refractivity contribution in [3.63, 3.8) is 0 Å². The van der Waals surface area contributed by atoms with Crippen molar-refractivity contribution >= 4 is 43.5 Å². The fourth-order valence-corrected chi connectivity index (χ4v) is 8.50. The second kappa shape index (κ2) is 42.2. The van der Waals surface area contributed by atoms with Crippen molar-refractivity contribution in [3.05, 3.63) is 0 Å². The number of amides is 3. The first-order valence-electron chi connectivity index (χ1n) is 26.3. The fourth-order valence-electron chi connectivity index (χ4n) is 7.75. The zero-order valence-corrected chi connectivity index (χ0v) is 42.2. The number of hydroxylamine groups is 2. The number of imide groups is 1. The van der Waals surface area contributed by atoms with Crippen LogP contribution in [-0.4, -0.2) is 78.1 Å². The summed E-state index contributed by atoms with van der Waals surface area (Å²) in [6.07, 6.45) is 35.3. The van der Waals surface area contributed by atoms with E-state index in [2.05, 4.69) is 19.2 Å². The third-order valence-electron chi connectivity index (χ3n) is 11.8. The Kier molecular flexibility index (Phi) is 39.1. The number of phosphoric acid groups is 1. The van der Waals surface area contributed by atoms with Crippen LogP contribution >= 0.6 is 7.82 Å². The van der Waals surface area contributed by atoms with Crippen LogP contribution in [0.1, 0.15) is 251 Å². The summed E-state index contributed by atoms with van der Waals surface area (Å²) in [6.45, 7) is 3.06. The molecule has 0 spiro atoms. The van der Waals surface area contributed by atoms with Gasteiger partial charge in [-0.25, -0.2) is 9.36 Å². The summed E-state index contributed by atoms with van der Waals surface area (Å²) in [4.78, 5) is 87.7. The Hall–Kier alpha value is -2.87. The summed E-state index contributed by atoms with van der Waals surface area (Å²) < 4.78 is 33.7. The van der Waals surface area contributed by atoms with Crippen LogP contribution in [0.4, 0.5) is 0 Å². The molecule has 0 aromatic carbocycles. The van der Waals surface area contributed by atoms with Gasteiger partial charge in [-0.3, -0.25) is 33.0 Å². The molecule has 3 amide bonds. The molecule has 2 N–H and O–H groups in total. The van der Waals surface area contributed by atoms with Gasteiger partial charge in [0.15, 0.2) is 6.10 Å². The third-order valence-corrected chi connectivity index (χ3v) is 12.8. The van der Waals surface area contributed by atoms with Crippen molar-refractivity contribution < 1.29 is 61.6 Å². The minimum atomic E-state index is -4.66. The van der Waals surface area contributed by atoms with Gasteiger partial charge in [0.2, 0.25) is 5.91 Å². The number of nitrogens with one attached hydrogen (secondary N) is 1. The number of esters is 2. The number of nitrogens with zero attached hydrogens (tertiary/aromatic N) is 1. The highest BCUT2D eigenvalue weighted by molar-refractivity contribution is 7.47. The molecule has 0 aromatic rings. The van der Waals surface area contributed by atoms with Crippen LogP contribution in [-0.2, 0) is 56.7 Å². The molecule has 0 bridgehead atoms. The zero-order valence-electron chi connectivity index (χ0n) is 41.3. The Morgan fingerprint density at radius 2 is 0.924 bits per heavy atom. The maximum atomic E-state index is 12.8. The van der Waals surface area contributed by atoms with Crippen LogP contribution in [0.25, 0.3) is 0 Å². The predicted molar refractivity (Wildman–Crippen MR) is 256 cm³/mol. The number of ether oxygens (including phenoxy) is 2. The Morgan fingerprint density at radius 1 is 0.530 bits per heavy atom. The predicted octanol–water partition coefficient (Wildman–Crippen LogP) is 12.0. The molecule has 1 rings (SSSR count). The highest BCUT2D eigenvalue weighted by Gasteiger charge is 2.32. The molecule has 0 aromatic heterocycles. The zero-order chi connectivity index (χ0) is 48.4. The quantitative estimate of drug-likeness (QED) is 0.0253. The number of hydrogen-bond acceptors (Lipinski definition) is 12. The van der Waals surface area contributed by atoms with Gasteiger partial charge < -0.3 is 24.5 Å². The van der Waals surface area contributed by atoms with E-state index < -0.39 is 62.8 Å². The molecule has 15 nitrogen and oxygen atoms in total. The summed E-state index contributed by atoms with van der Waals surface area (Å²) in [5, 5.41) is 2.93. The molecular weight excluding hydrogens is 868 g/mol. The number of carbonyl (C=O) groups is 6. The summed E-state index contributed by atoms with van der Waals surface area (Å²) in [5.41, 5.74) is 0. The van der Waals surface area contributed by atoms with E-state index in [9.17, 15) is 38.2 Å². The number of unbranched alkanes of at least 4 members (excludes halogenated alkanes) is 28. The van der Waals surface area contributed by atoms with Gasteiger partial charge in [-0.1, -0.05) is 194 Å². The standard InChI is InChI=1S/C50H91N2O13P/c1-3-5-7-9-11-13-15-17-19-21-23-25-27-29-31-35-48(56)61-42-44(64-49(57)36-32-30-28-26-24-22-20-18-16-14-12-10-8-6-4-2)43-63-66(59,60)62-41-40-51-45(53)34-33-37-50(58)65-52-46(54)38-39-47(52)55/h44H,3-43H2,1-2H3,(H,51,53)(H,59,60)/t44-/m0/s1. The summed E-state index contributed by atoms with van der Waals surface area (Å²) in [5.74, 6) is -3.44. The molecule has 1 aliphatic heterocycles. The molecule has 1 unspecified atom stereocenters. The first kappa shape index (κ1) is 61.1. The molecule has 66 heavy (non-hydrogen) atoms. The van der Waals surface area contributed by atoms with E-state index in [-0.39, 0.29) is 58.1 Å². The average molecular weight is 959 g/mol. The van der Waals surface area contributed by atoms with Crippen molar-refractivity contribution in [1.29, 1.82) is 0 Å². The van der Waals surface area contributed by atoms with E-state index in [1.807, 2.05) is 0 Å². The van der Waals surface area contributed by atoms with Crippen molar-refractivity contribution in [2.75, 3.05) is 26.4 Å². The molecule has 16 heteroatoms. The summed E-state index contributed by atoms with van der Waals surface area (Å²) in [6, 6.07) is 0. The Balaban J connectivity index is 2.38. The molecular formula is C50H91N2O13P. The Labute approximate surface area is 398 Å².